The summed E-state index contributed by atoms with van der Waals surface area (Å²) in [6, 6.07) is 26.3. The van der Waals surface area contributed by atoms with Gasteiger partial charge in [0.1, 0.15) is 22.8 Å². The van der Waals surface area contributed by atoms with Gasteiger partial charge in [-0.2, -0.15) is 0 Å². The van der Waals surface area contributed by atoms with E-state index in [-0.39, 0.29) is 47.0 Å². The van der Waals surface area contributed by atoms with Crippen LogP contribution in [0.3, 0.4) is 0 Å². The molecule has 10 nitrogen and oxygen atoms in total. The SMILES string of the molecule is COc1cc(O)ccc1C1C2=CCC3C(=O)N(c4ccc(C(=O)O)c(O)c4)C(=O)C3C2CC2C(=O)C(c3ccccc3)=CC(=O)C21c1ccccc1. The van der Waals surface area contributed by atoms with E-state index in [1.165, 1.54) is 31.4 Å². The molecule has 3 aliphatic carbocycles. The first kappa shape index (κ1) is 32.9. The first-order valence-corrected chi connectivity index (χ1v) is 17.0. The molecule has 10 heteroatoms. The second-order valence-corrected chi connectivity index (χ2v) is 13.7. The number of aromatic hydroxyl groups is 2. The summed E-state index contributed by atoms with van der Waals surface area (Å²) >= 11 is 0. The van der Waals surface area contributed by atoms with E-state index in [0.29, 0.717) is 22.4 Å². The number of carboxylic acid groups (broad SMARTS) is 1. The lowest BCUT2D eigenvalue weighted by atomic mass is 9.44. The Labute approximate surface area is 298 Å². The number of hydrogen-bond donors (Lipinski definition) is 3. The minimum Gasteiger partial charge on any atom is -0.508 e. The summed E-state index contributed by atoms with van der Waals surface area (Å²) in [6.07, 6.45) is 3.60. The maximum atomic E-state index is 15.2. The van der Waals surface area contributed by atoms with Crippen molar-refractivity contribution in [2.75, 3.05) is 12.0 Å². The van der Waals surface area contributed by atoms with Crippen molar-refractivity contribution in [1.29, 1.82) is 0 Å². The Hall–Kier alpha value is -6.29. The van der Waals surface area contributed by atoms with Crippen molar-refractivity contribution in [3.63, 3.8) is 0 Å². The fourth-order valence-corrected chi connectivity index (χ4v) is 9.25. The largest absolute Gasteiger partial charge is 0.508 e. The lowest BCUT2D eigenvalue weighted by Gasteiger charge is -2.55. The second kappa shape index (κ2) is 12.2. The van der Waals surface area contributed by atoms with E-state index in [9.17, 15) is 29.7 Å². The number of phenolic OH excluding ortho intramolecular Hbond substituents is 1. The number of rotatable bonds is 6. The summed E-state index contributed by atoms with van der Waals surface area (Å²) in [6.45, 7) is 0. The molecule has 1 saturated carbocycles. The Kier molecular flexibility index (Phi) is 7.71. The number of amides is 2. The number of carbonyl (C=O) groups excluding carboxylic acids is 4. The zero-order chi connectivity index (χ0) is 36.5. The molecule has 52 heavy (non-hydrogen) atoms. The molecule has 0 aromatic heterocycles. The summed E-state index contributed by atoms with van der Waals surface area (Å²) in [5, 5.41) is 30.4. The molecule has 1 heterocycles. The van der Waals surface area contributed by atoms with Gasteiger partial charge in [0.05, 0.1) is 30.0 Å². The monoisotopic (exact) mass is 695 g/mol. The second-order valence-electron chi connectivity index (χ2n) is 13.7. The fraction of sp³-hybridized carbons (Fsp3) is 0.214. The predicted octanol–water partition coefficient (Wildman–Crippen LogP) is 5.83. The van der Waals surface area contributed by atoms with Crippen molar-refractivity contribution >= 4 is 40.6 Å². The first-order chi connectivity index (χ1) is 25.1. The number of imide groups is 1. The minimum absolute atomic E-state index is 0.0397. The summed E-state index contributed by atoms with van der Waals surface area (Å²) in [5.41, 5.74) is 0.932. The van der Waals surface area contributed by atoms with Gasteiger partial charge in [0, 0.05) is 35.1 Å². The molecule has 4 aromatic rings. The quantitative estimate of drug-likeness (QED) is 0.167. The highest BCUT2D eigenvalue weighted by molar-refractivity contribution is 6.32. The van der Waals surface area contributed by atoms with Crippen LogP contribution in [-0.4, -0.2) is 51.8 Å². The smallest absolute Gasteiger partial charge is 0.339 e. The van der Waals surface area contributed by atoms with E-state index in [2.05, 4.69) is 0 Å². The number of carboxylic acids is 1. The summed E-state index contributed by atoms with van der Waals surface area (Å²) in [4.78, 5) is 71.4. The average Bonchev–Trinajstić information content (AvgIpc) is 3.41. The molecule has 2 amide bonds. The number of benzene rings is 4. The van der Waals surface area contributed by atoms with Gasteiger partial charge >= 0.3 is 5.97 Å². The standard InChI is InChI=1S/C42H33NO9/c1-52-34-19-25(44)13-15-28(34)37-26-16-17-29-36(40(49)43(39(29)48)24-12-14-27(41(50)51)33(45)18-24)31(26)20-32-38(47)30(22-8-4-2-5-9-22)21-35(46)42(32,37)23-10-6-3-7-11-23/h2-16,18-19,21,29,31-32,36-37,44-45H,17,20H2,1H3,(H,50,51). The van der Waals surface area contributed by atoms with Crippen LogP contribution in [0.25, 0.3) is 5.57 Å². The number of allylic oxidation sites excluding steroid dienone is 4. The maximum Gasteiger partial charge on any atom is 0.339 e. The highest BCUT2D eigenvalue weighted by atomic mass is 16.5. The number of aromatic carboxylic acids is 1. The van der Waals surface area contributed by atoms with E-state index in [0.717, 1.165) is 22.6 Å². The number of phenols is 2. The lowest BCUT2D eigenvalue weighted by molar-refractivity contribution is -0.135. The van der Waals surface area contributed by atoms with Gasteiger partial charge in [0.15, 0.2) is 11.6 Å². The number of ether oxygens (including phenoxy) is 1. The van der Waals surface area contributed by atoms with Crippen LogP contribution in [0.15, 0.2) is 115 Å². The van der Waals surface area contributed by atoms with Crippen molar-refractivity contribution < 1.29 is 44.0 Å². The molecule has 3 N–H and O–H groups in total. The van der Waals surface area contributed by atoms with Crippen molar-refractivity contribution in [2.24, 2.45) is 23.7 Å². The number of carbonyl (C=O) groups is 5. The van der Waals surface area contributed by atoms with Gasteiger partial charge in [-0.15, -0.1) is 0 Å². The normalized spacial score (nSPS) is 26.6. The van der Waals surface area contributed by atoms with Crippen LogP contribution in [-0.2, 0) is 24.6 Å². The van der Waals surface area contributed by atoms with E-state index < -0.39 is 58.5 Å². The minimum atomic E-state index is -1.47. The molecule has 6 unspecified atom stereocenters. The maximum absolute atomic E-state index is 15.2. The van der Waals surface area contributed by atoms with Gasteiger partial charge in [-0.3, -0.25) is 19.2 Å². The Balaban J connectivity index is 1.35. The summed E-state index contributed by atoms with van der Waals surface area (Å²) in [7, 11) is 1.46. The highest BCUT2D eigenvalue weighted by Crippen LogP contribution is 2.64. The molecule has 6 atom stereocenters. The number of Topliss-reactive ketones (excluding diaryl/α,β-unsaturated/α-hetero) is 1. The Morgan fingerprint density at radius 2 is 1.56 bits per heavy atom. The van der Waals surface area contributed by atoms with Crippen LogP contribution in [0.1, 0.15) is 45.8 Å². The van der Waals surface area contributed by atoms with Crippen LogP contribution in [0.2, 0.25) is 0 Å². The highest BCUT2D eigenvalue weighted by Gasteiger charge is 2.66. The average molecular weight is 696 g/mol. The molecule has 1 saturated heterocycles. The molecule has 4 aromatic carbocycles. The molecule has 0 spiro atoms. The summed E-state index contributed by atoms with van der Waals surface area (Å²) in [5.74, 6) is -7.47. The van der Waals surface area contributed by atoms with Crippen LogP contribution < -0.4 is 9.64 Å². The zero-order valence-electron chi connectivity index (χ0n) is 27.9. The molecule has 2 fully saturated rings. The third-order valence-corrected chi connectivity index (χ3v) is 11.4. The van der Waals surface area contributed by atoms with E-state index in [1.807, 2.05) is 42.5 Å². The Morgan fingerprint density at radius 3 is 2.23 bits per heavy atom. The molecule has 260 valence electrons. The fourth-order valence-electron chi connectivity index (χ4n) is 9.25. The van der Waals surface area contributed by atoms with Gasteiger partial charge in [0.2, 0.25) is 11.8 Å². The Morgan fingerprint density at radius 1 is 0.846 bits per heavy atom. The number of anilines is 1. The number of hydrogen-bond acceptors (Lipinski definition) is 8. The van der Waals surface area contributed by atoms with Gasteiger partial charge in [0.25, 0.3) is 0 Å². The third kappa shape index (κ3) is 4.67. The molecular formula is C42H33NO9. The van der Waals surface area contributed by atoms with Crippen molar-refractivity contribution in [1.82, 2.24) is 0 Å². The van der Waals surface area contributed by atoms with E-state index in [1.54, 1.807) is 30.3 Å². The molecular weight excluding hydrogens is 662 g/mol. The molecule has 8 rings (SSSR count). The number of nitrogens with zero attached hydrogens (tertiary/aromatic N) is 1. The first-order valence-electron chi connectivity index (χ1n) is 17.0. The molecule has 4 aliphatic rings. The molecule has 0 radical (unpaired) electrons. The van der Waals surface area contributed by atoms with Crippen LogP contribution in [0, 0.1) is 23.7 Å². The number of fused-ring (bicyclic) bond motifs is 4. The number of methoxy groups -OCH3 is 1. The van der Waals surface area contributed by atoms with Gasteiger partial charge in [-0.25, -0.2) is 9.69 Å². The molecule has 1 aliphatic heterocycles. The Bertz CT molecular complexity index is 2260. The third-order valence-electron chi connectivity index (χ3n) is 11.4. The topological polar surface area (TPSA) is 159 Å². The van der Waals surface area contributed by atoms with Crippen LogP contribution >= 0.6 is 0 Å². The van der Waals surface area contributed by atoms with Gasteiger partial charge in [-0.05, 0) is 54.2 Å². The predicted molar refractivity (Wildman–Crippen MR) is 189 cm³/mol. The van der Waals surface area contributed by atoms with Gasteiger partial charge < -0.3 is 20.1 Å². The van der Waals surface area contributed by atoms with E-state index >= 15 is 9.59 Å². The van der Waals surface area contributed by atoms with Crippen LogP contribution in [0.5, 0.6) is 17.2 Å². The lowest BCUT2D eigenvalue weighted by Crippen LogP contribution is -2.58. The summed E-state index contributed by atoms with van der Waals surface area (Å²) < 4.78 is 5.82. The van der Waals surface area contributed by atoms with Crippen molar-refractivity contribution in [3.8, 4) is 17.2 Å². The zero-order valence-corrected chi connectivity index (χ0v) is 27.9. The van der Waals surface area contributed by atoms with Gasteiger partial charge in [-0.1, -0.05) is 78.4 Å². The number of ketones is 2. The van der Waals surface area contributed by atoms with Crippen molar-refractivity contribution in [3.05, 3.63) is 137 Å². The van der Waals surface area contributed by atoms with Crippen molar-refractivity contribution in [2.45, 2.75) is 24.2 Å². The molecule has 0 bridgehead atoms. The van der Waals surface area contributed by atoms with E-state index in [4.69, 9.17) is 4.74 Å². The van der Waals surface area contributed by atoms with Crippen LogP contribution in [0.4, 0.5) is 5.69 Å².